The fourth-order valence-electron chi connectivity index (χ4n) is 7.62. The quantitative estimate of drug-likeness (QED) is 0.429. The van der Waals surface area contributed by atoms with Gasteiger partial charge in [0.15, 0.2) is 0 Å². The molecule has 2 fully saturated rings. The third kappa shape index (κ3) is 4.73. The number of rotatable bonds is 9. The van der Waals surface area contributed by atoms with E-state index in [0.29, 0.717) is 48.9 Å². The first kappa shape index (κ1) is 30.9. The molecule has 0 bridgehead atoms. The number of benzene rings is 2. The Hall–Kier alpha value is -4.15. The van der Waals surface area contributed by atoms with Crippen molar-refractivity contribution in [1.82, 2.24) is 4.90 Å². The molecule has 0 aliphatic carbocycles. The topological polar surface area (TPSA) is 109 Å². The second kappa shape index (κ2) is 12.0. The fraction of sp³-hybridized carbons (Fsp3) is 0.457. The number of nitrogens with zero attached hydrogens (tertiary/aromatic N) is 3. The van der Waals surface area contributed by atoms with E-state index in [1.54, 1.807) is 41.2 Å². The molecule has 3 amide bonds. The molecule has 0 radical (unpaired) electrons. The van der Waals surface area contributed by atoms with E-state index in [0.717, 1.165) is 0 Å². The van der Waals surface area contributed by atoms with Crippen molar-refractivity contribution >= 4 is 29.1 Å². The molecule has 45 heavy (non-hydrogen) atoms. The number of carbonyl (C=O) groups is 3. The van der Waals surface area contributed by atoms with Crippen LogP contribution in [0, 0.1) is 11.8 Å². The van der Waals surface area contributed by atoms with Gasteiger partial charge >= 0.3 is 0 Å². The van der Waals surface area contributed by atoms with E-state index in [1.165, 1.54) is 4.90 Å². The van der Waals surface area contributed by atoms with E-state index in [-0.39, 0.29) is 30.9 Å². The zero-order valence-corrected chi connectivity index (χ0v) is 26.2. The summed E-state index contributed by atoms with van der Waals surface area (Å²) in [4.78, 5) is 48.9. The Bertz CT molecular complexity index is 1500. The van der Waals surface area contributed by atoms with Gasteiger partial charge in [0.2, 0.25) is 11.8 Å². The van der Waals surface area contributed by atoms with Crippen LogP contribution in [0.1, 0.15) is 33.6 Å². The highest BCUT2D eigenvalue weighted by molar-refractivity contribution is 6.07. The summed E-state index contributed by atoms with van der Waals surface area (Å²) in [6.45, 7) is 6.50. The van der Waals surface area contributed by atoms with Gasteiger partial charge in [-0.25, -0.2) is 0 Å². The second-order valence-corrected chi connectivity index (χ2v) is 11.9. The summed E-state index contributed by atoms with van der Waals surface area (Å²) in [7, 11) is 1.58. The van der Waals surface area contributed by atoms with Crippen LogP contribution in [0.15, 0.2) is 72.8 Å². The molecule has 6 atom stereocenters. The second-order valence-electron chi connectivity index (χ2n) is 11.9. The molecule has 2 saturated heterocycles. The Morgan fingerprint density at radius 3 is 2.00 bits per heavy atom. The number of carbonyl (C=O) groups excluding carboxylic acids is 3. The molecule has 6 rings (SSSR count). The lowest BCUT2D eigenvalue weighted by Gasteiger charge is -2.40. The number of methoxy groups -OCH3 is 1. The molecular formula is C35H41N3O7. The number of anilines is 2. The van der Waals surface area contributed by atoms with Crippen molar-refractivity contribution in [3.8, 4) is 11.5 Å². The summed E-state index contributed by atoms with van der Waals surface area (Å²) >= 11 is 0. The van der Waals surface area contributed by atoms with Gasteiger partial charge in [-0.1, -0.05) is 38.2 Å². The van der Waals surface area contributed by atoms with Crippen LogP contribution in [0.3, 0.4) is 0 Å². The van der Waals surface area contributed by atoms with Gasteiger partial charge < -0.3 is 34.0 Å². The number of amides is 3. The van der Waals surface area contributed by atoms with Gasteiger partial charge in [-0.05, 0) is 68.3 Å². The van der Waals surface area contributed by atoms with Crippen LogP contribution in [-0.4, -0.2) is 84.4 Å². The largest absolute Gasteiger partial charge is 0.497 e. The lowest BCUT2D eigenvalue weighted by Crippen LogP contribution is -2.59. The van der Waals surface area contributed by atoms with Crippen molar-refractivity contribution in [2.45, 2.75) is 56.9 Å². The molecule has 0 aromatic heterocycles. The number of hydrogen-bond donors (Lipinski definition) is 1. The maximum Gasteiger partial charge on any atom is 0.253 e. The Morgan fingerprint density at radius 2 is 1.44 bits per heavy atom. The number of likely N-dealkylation sites (tertiary alicyclic amines) is 1. The molecule has 4 heterocycles. The summed E-state index contributed by atoms with van der Waals surface area (Å²) in [5.41, 5.74) is -1.20. The molecule has 1 spiro atoms. The van der Waals surface area contributed by atoms with Crippen molar-refractivity contribution in [3.05, 3.63) is 72.8 Å². The highest BCUT2D eigenvalue weighted by Crippen LogP contribution is 2.59. The summed E-state index contributed by atoms with van der Waals surface area (Å²) < 4.78 is 18.0. The minimum absolute atomic E-state index is 0.240. The first-order valence-electron chi connectivity index (χ1n) is 15.8. The van der Waals surface area contributed by atoms with Crippen molar-refractivity contribution in [2.24, 2.45) is 11.8 Å². The molecule has 4 aliphatic heterocycles. The van der Waals surface area contributed by atoms with E-state index in [4.69, 9.17) is 14.2 Å². The van der Waals surface area contributed by atoms with Crippen molar-refractivity contribution in [3.63, 3.8) is 0 Å². The molecule has 2 aromatic carbocycles. The maximum atomic E-state index is 14.7. The third-order valence-electron chi connectivity index (χ3n) is 9.80. The van der Waals surface area contributed by atoms with E-state index < -0.39 is 35.1 Å². The number of aliphatic hydroxyl groups excluding tert-OH is 1. The van der Waals surface area contributed by atoms with Crippen LogP contribution in [0.2, 0.25) is 0 Å². The van der Waals surface area contributed by atoms with Gasteiger partial charge in [0.05, 0.1) is 43.8 Å². The summed E-state index contributed by atoms with van der Waals surface area (Å²) in [5.74, 6) is -1.43. The van der Waals surface area contributed by atoms with Crippen molar-refractivity contribution in [2.75, 3.05) is 43.2 Å². The number of hydrogen-bond acceptors (Lipinski definition) is 7. The molecule has 0 saturated carbocycles. The molecule has 4 aliphatic rings. The van der Waals surface area contributed by atoms with Gasteiger partial charge in [0.1, 0.15) is 23.1 Å². The highest BCUT2D eigenvalue weighted by Gasteiger charge is 2.76. The van der Waals surface area contributed by atoms with Gasteiger partial charge in [-0.15, -0.1) is 0 Å². The predicted octanol–water partition coefficient (Wildman–Crippen LogP) is 3.73. The van der Waals surface area contributed by atoms with Crippen LogP contribution >= 0.6 is 0 Å². The van der Waals surface area contributed by atoms with Crippen LogP contribution in [0.4, 0.5) is 11.4 Å². The SMILES string of the molecule is CCOc1ccc(N2CC=C[C@]3(CC)O[C@]45C=CCN(c6ccc(OC)cc6)C(=O)C4N([C@@H](CC)CO)C(=O)[C@@H]5[C@@H]3C2=O)cc1. The Labute approximate surface area is 263 Å². The van der Waals surface area contributed by atoms with Gasteiger partial charge in [0, 0.05) is 24.5 Å². The fourth-order valence-corrected chi connectivity index (χ4v) is 7.62. The van der Waals surface area contributed by atoms with Crippen molar-refractivity contribution in [1.29, 1.82) is 0 Å². The summed E-state index contributed by atoms with van der Waals surface area (Å²) in [6, 6.07) is 12.8. The van der Waals surface area contributed by atoms with E-state index >= 15 is 0 Å². The zero-order chi connectivity index (χ0) is 31.9. The van der Waals surface area contributed by atoms with E-state index in [1.807, 2.05) is 69.3 Å². The van der Waals surface area contributed by atoms with Crippen LogP contribution < -0.4 is 19.3 Å². The van der Waals surface area contributed by atoms with Gasteiger partial charge in [0.25, 0.3) is 5.91 Å². The predicted molar refractivity (Wildman–Crippen MR) is 169 cm³/mol. The summed E-state index contributed by atoms with van der Waals surface area (Å²) in [5, 5.41) is 10.4. The maximum absolute atomic E-state index is 14.7. The minimum atomic E-state index is -1.42. The number of fused-ring (bicyclic) bond motifs is 2. The normalized spacial score (nSPS) is 29.7. The monoisotopic (exact) mass is 615 g/mol. The molecule has 2 aromatic rings. The average molecular weight is 616 g/mol. The standard InChI is InChI=1S/C35H41N3O7/c1-5-23(22-39)38-30-33(42)37(25-10-14-26(43-4)15-11-25)21-9-19-35(30)29(32(38)41)28-31(40)36(20-8-18-34(28,6-2)45-35)24-12-16-27(17-13-24)44-7-3/h8-19,23,28-30,39H,5-7,20-22H2,1-4H3/t23-,28+,29-,30?,34-,35-/m0/s1. The third-order valence-corrected chi connectivity index (χ3v) is 9.80. The molecule has 238 valence electrons. The first-order chi connectivity index (χ1) is 21.8. The Kier molecular flexibility index (Phi) is 8.22. The minimum Gasteiger partial charge on any atom is -0.497 e. The smallest absolute Gasteiger partial charge is 0.253 e. The van der Waals surface area contributed by atoms with Crippen LogP contribution in [0.25, 0.3) is 0 Å². The van der Waals surface area contributed by atoms with Crippen LogP contribution in [-0.2, 0) is 19.1 Å². The van der Waals surface area contributed by atoms with E-state index in [2.05, 4.69) is 0 Å². The van der Waals surface area contributed by atoms with Gasteiger partial charge in [-0.2, -0.15) is 0 Å². The zero-order valence-electron chi connectivity index (χ0n) is 26.2. The lowest BCUT2D eigenvalue weighted by molar-refractivity contribution is -0.149. The Morgan fingerprint density at radius 1 is 0.844 bits per heavy atom. The van der Waals surface area contributed by atoms with E-state index in [9.17, 15) is 19.5 Å². The molecule has 1 N–H and O–H groups in total. The molecule has 1 unspecified atom stereocenters. The lowest BCUT2D eigenvalue weighted by atomic mass is 9.73. The Balaban J connectivity index is 1.46. The summed E-state index contributed by atoms with van der Waals surface area (Å²) in [6.07, 6.45) is 8.38. The van der Waals surface area contributed by atoms with Crippen molar-refractivity contribution < 1.29 is 33.7 Å². The molecule has 10 heteroatoms. The van der Waals surface area contributed by atoms with Gasteiger partial charge in [-0.3, -0.25) is 14.4 Å². The number of aliphatic hydroxyl groups is 1. The van der Waals surface area contributed by atoms with Crippen LogP contribution in [0.5, 0.6) is 11.5 Å². The highest BCUT2D eigenvalue weighted by atomic mass is 16.5. The number of ether oxygens (including phenoxy) is 3. The molecule has 10 nitrogen and oxygen atoms in total. The first-order valence-corrected chi connectivity index (χ1v) is 15.8. The molecular weight excluding hydrogens is 574 g/mol. The average Bonchev–Trinajstić information content (AvgIpc) is 3.35.